The summed E-state index contributed by atoms with van der Waals surface area (Å²) in [6.07, 6.45) is 1.63. The normalized spacial score (nSPS) is 13.4. The average Bonchev–Trinajstić information content (AvgIpc) is 3.84. The molecule has 1 aliphatic rings. The fraction of sp³-hybridized carbons (Fsp3) is 0.262. The molecule has 0 saturated carbocycles. The van der Waals surface area contributed by atoms with Gasteiger partial charge < -0.3 is 29.6 Å². The van der Waals surface area contributed by atoms with E-state index in [-0.39, 0.29) is 5.41 Å². The molecule has 4 heterocycles. The summed E-state index contributed by atoms with van der Waals surface area (Å²) < 4.78 is 24.9. The molecule has 0 bridgehead atoms. The highest BCUT2D eigenvalue weighted by molar-refractivity contribution is 6.07. The van der Waals surface area contributed by atoms with E-state index in [2.05, 4.69) is 61.8 Å². The Morgan fingerprint density at radius 1 is 0.912 bits per heavy atom. The van der Waals surface area contributed by atoms with Gasteiger partial charge in [-0.1, -0.05) is 45.0 Å². The van der Waals surface area contributed by atoms with E-state index in [0.717, 1.165) is 77.3 Å². The van der Waals surface area contributed by atoms with Gasteiger partial charge in [0.15, 0.2) is 0 Å². The van der Waals surface area contributed by atoms with Crippen LogP contribution in [0.15, 0.2) is 97.2 Å². The molecule has 2 amide bonds. The van der Waals surface area contributed by atoms with Crippen LogP contribution in [0.1, 0.15) is 26.5 Å². The SMILES string of the molecule is COc1ccc(-n2nc(C(C)(C)C)cc2NC(=O)Nc2ccc(Oc3ccnc(Nc4ccc5n[nH]c(OCCN6CCOCC6)c5c4)n3)c3ccccc23)cc1. The van der Waals surface area contributed by atoms with E-state index in [1.807, 2.05) is 72.8 Å². The summed E-state index contributed by atoms with van der Waals surface area (Å²) in [6.45, 7) is 10.9. The smallest absolute Gasteiger partial charge is 0.324 e. The number of aromatic amines is 1. The fourth-order valence-electron chi connectivity index (χ4n) is 6.47. The second-order valence-corrected chi connectivity index (χ2v) is 14.5. The van der Waals surface area contributed by atoms with Crippen molar-refractivity contribution in [3.8, 4) is 28.9 Å². The van der Waals surface area contributed by atoms with Crippen LogP contribution in [-0.4, -0.2) is 87.4 Å². The number of nitrogens with zero attached hydrogens (tertiary/aromatic N) is 6. The molecule has 3 aromatic heterocycles. The molecular weight excluding hydrogens is 725 g/mol. The molecule has 7 aromatic rings. The maximum Gasteiger partial charge on any atom is 0.324 e. The van der Waals surface area contributed by atoms with E-state index in [9.17, 15) is 4.79 Å². The van der Waals surface area contributed by atoms with E-state index < -0.39 is 6.03 Å². The van der Waals surface area contributed by atoms with E-state index >= 15 is 0 Å². The number of morpholine rings is 1. The van der Waals surface area contributed by atoms with E-state index in [1.54, 1.807) is 36.2 Å². The van der Waals surface area contributed by atoms with E-state index in [4.69, 9.17) is 24.0 Å². The molecule has 0 spiro atoms. The van der Waals surface area contributed by atoms with Gasteiger partial charge in [0, 0.05) is 59.8 Å². The Morgan fingerprint density at radius 2 is 1.72 bits per heavy atom. The van der Waals surface area contributed by atoms with Crippen molar-refractivity contribution in [3.63, 3.8) is 0 Å². The first-order valence-electron chi connectivity index (χ1n) is 18.7. The zero-order valence-electron chi connectivity index (χ0n) is 32.2. The Hall–Kier alpha value is -6.71. The van der Waals surface area contributed by atoms with Gasteiger partial charge in [-0.2, -0.15) is 15.2 Å². The third kappa shape index (κ3) is 8.59. The summed E-state index contributed by atoms with van der Waals surface area (Å²) in [7, 11) is 1.62. The zero-order chi connectivity index (χ0) is 39.4. The third-order valence-corrected chi connectivity index (χ3v) is 9.55. The van der Waals surface area contributed by atoms with Crippen LogP contribution in [0, 0.1) is 0 Å². The Balaban J connectivity index is 0.960. The van der Waals surface area contributed by atoms with Crippen molar-refractivity contribution in [1.29, 1.82) is 0 Å². The van der Waals surface area contributed by atoms with Gasteiger partial charge in [-0.05, 0) is 54.6 Å². The highest BCUT2D eigenvalue weighted by Gasteiger charge is 2.22. The van der Waals surface area contributed by atoms with Gasteiger partial charge in [-0.25, -0.2) is 19.6 Å². The monoisotopic (exact) mass is 768 g/mol. The maximum atomic E-state index is 13.6. The van der Waals surface area contributed by atoms with Crippen LogP contribution in [0.25, 0.3) is 27.4 Å². The van der Waals surface area contributed by atoms with Gasteiger partial charge in [-0.15, -0.1) is 0 Å². The molecule has 8 rings (SSSR count). The molecule has 15 heteroatoms. The number of aromatic nitrogens is 6. The standard InChI is InChI=1S/C42H44N10O5/c1-42(2,3)36-26-37(52(50-36)28-10-12-29(54-4)13-11-28)46-41(53)45-33-15-16-35(31-8-6-5-7-30(31)33)57-38-17-18-43-40(47-38)44-27-9-14-34-32(25-27)39(49-48-34)56-24-21-51-19-22-55-23-20-51/h5-18,25-26H,19-24H2,1-4H3,(H,48,49)(H,43,44,47)(H2,45,46,53). The molecule has 0 radical (unpaired) electrons. The first-order chi connectivity index (χ1) is 27.7. The Kier molecular flexibility index (Phi) is 10.6. The van der Waals surface area contributed by atoms with Crippen LogP contribution in [0.4, 0.5) is 27.9 Å². The van der Waals surface area contributed by atoms with Crippen LogP contribution in [0.5, 0.6) is 23.3 Å². The zero-order valence-corrected chi connectivity index (χ0v) is 32.2. The van der Waals surface area contributed by atoms with Crippen molar-refractivity contribution in [3.05, 3.63) is 103 Å². The van der Waals surface area contributed by atoms with Crippen LogP contribution >= 0.6 is 0 Å². The van der Waals surface area contributed by atoms with Crippen molar-refractivity contribution in [1.82, 2.24) is 34.8 Å². The van der Waals surface area contributed by atoms with Crippen LogP contribution in [-0.2, 0) is 10.2 Å². The van der Waals surface area contributed by atoms with E-state index in [0.29, 0.717) is 41.6 Å². The quantitative estimate of drug-likeness (QED) is 0.0955. The molecule has 0 aliphatic carbocycles. The summed E-state index contributed by atoms with van der Waals surface area (Å²) in [5.41, 5.74) is 3.53. The molecule has 1 fully saturated rings. The van der Waals surface area contributed by atoms with Gasteiger partial charge >= 0.3 is 6.03 Å². The molecule has 57 heavy (non-hydrogen) atoms. The lowest BCUT2D eigenvalue weighted by Crippen LogP contribution is -2.38. The molecule has 292 valence electrons. The van der Waals surface area contributed by atoms with Crippen LogP contribution in [0.2, 0.25) is 0 Å². The number of hydrogen-bond donors (Lipinski definition) is 4. The number of urea groups is 1. The molecule has 4 aromatic carbocycles. The van der Waals surface area contributed by atoms with Gasteiger partial charge in [-0.3, -0.25) is 10.2 Å². The lowest BCUT2D eigenvalue weighted by Gasteiger charge is -2.26. The Labute approximate surface area is 329 Å². The number of fused-ring (bicyclic) bond motifs is 2. The fourth-order valence-corrected chi connectivity index (χ4v) is 6.47. The number of nitrogens with one attached hydrogen (secondary N) is 4. The summed E-state index contributed by atoms with van der Waals surface area (Å²) in [6, 6.07) is 27.7. The van der Waals surface area contributed by atoms with Gasteiger partial charge in [0.1, 0.15) is 23.9 Å². The first-order valence-corrected chi connectivity index (χ1v) is 18.7. The number of carbonyl (C=O) groups excluding carboxylic acids is 1. The summed E-state index contributed by atoms with van der Waals surface area (Å²) >= 11 is 0. The van der Waals surface area contributed by atoms with E-state index in [1.165, 1.54) is 0 Å². The second kappa shape index (κ2) is 16.2. The molecule has 0 unspecified atom stereocenters. The Morgan fingerprint density at radius 3 is 2.51 bits per heavy atom. The molecule has 0 atom stereocenters. The second-order valence-electron chi connectivity index (χ2n) is 14.5. The van der Waals surface area contributed by atoms with Gasteiger partial charge in [0.25, 0.3) is 0 Å². The molecule has 4 N–H and O–H groups in total. The highest BCUT2D eigenvalue weighted by Crippen LogP contribution is 2.35. The number of H-pyrrole nitrogens is 1. The van der Waals surface area contributed by atoms with Crippen molar-refractivity contribution in [2.24, 2.45) is 0 Å². The highest BCUT2D eigenvalue weighted by atomic mass is 16.5. The third-order valence-electron chi connectivity index (χ3n) is 9.55. The first kappa shape index (κ1) is 37.2. The van der Waals surface area contributed by atoms with Crippen molar-refractivity contribution < 1.29 is 23.7 Å². The van der Waals surface area contributed by atoms with Gasteiger partial charge in [0.05, 0.1) is 48.3 Å². The number of methoxy groups -OCH3 is 1. The predicted octanol–water partition coefficient (Wildman–Crippen LogP) is 7.89. The molecule has 15 nitrogen and oxygen atoms in total. The number of rotatable bonds is 12. The van der Waals surface area contributed by atoms with Crippen molar-refractivity contribution >= 4 is 50.8 Å². The van der Waals surface area contributed by atoms with Crippen molar-refractivity contribution in [2.45, 2.75) is 26.2 Å². The largest absolute Gasteiger partial charge is 0.497 e. The summed E-state index contributed by atoms with van der Waals surface area (Å²) in [5, 5.41) is 23.9. The minimum Gasteiger partial charge on any atom is -0.497 e. The number of hydrogen-bond acceptors (Lipinski definition) is 11. The number of carbonyl (C=O) groups is 1. The minimum atomic E-state index is -0.421. The number of amides is 2. The molecule has 1 saturated heterocycles. The minimum absolute atomic E-state index is 0.242. The number of benzene rings is 4. The predicted molar refractivity (Wildman–Crippen MR) is 220 cm³/mol. The lowest BCUT2D eigenvalue weighted by atomic mass is 9.92. The number of anilines is 4. The lowest BCUT2D eigenvalue weighted by molar-refractivity contribution is 0.0321. The topological polar surface area (TPSA) is 166 Å². The summed E-state index contributed by atoms with van der Waals surface area (Å²) in [4.78, 5) is 24.9. The average molecular weight is 769 g/mol. The van der Waals surface area contributed by atoms with Crippen LogP contribution in [0.3, 0.4) is 0 Å². The maximum absolute atomic E-state index is 13.6. The van der Waals surface area contributed by atoms with Crippen molar-refractivity contribution in [2.75, 3.05) is 62.5 Å². The Bertz CT molecular complexity index is 2500. The molecule has 1 aliphatic heterocycles. The van der Waals surface area contributed by atoms with Crippen LogP contribution < -0.4 is 30.2 Å². The van der Waals surface area contributed by atoms with Gasteiger partial charge in [0.2, 0.25) is 17.7 Å². The number of ether oxygens (including phenoxy) is 4. The summed E-state index contributed by atoms with van der Waals surface area (Å²) in [5.74, 6) is 3.12. The molecular formula is C42H44N10O5.